The summed E-state index contributed by atoms with van der Waals surface area (Å²) in [5.74, 6) is -1.71. The molecule has 0 bridgehead atoms. The molecule has 2 unspecified atom stereocenters. The van der Waals surface area contributed by atoms with Crippen LogP contribution in [0.1, 0.15) is 55.1 Å². The van der Waals surface area contributed by atoms with Gasteiger partial charge in [-0.3, -0.25) is 24.6 Å². The fourth-order valence-corrected chi connectivity index (χ4v) is 5.16. The minimum absolute atomic E-state index is 0.00668. The molecule has 0 aliphatic carbocycles. The van der Waals surface area contributed by atoms with Crippen LogP contribution in [-0.4, -0.2) is 58.8 Å². The van der Waals surface area contributed by atoms with E-state index >= 15 is 0 Å². The number of morpholine rings is 1. The van der Waals surface area contributed by atoms with Gasteiger partial charge in [-0.15, -0.1) is 0 Å². The molecule has 8 nitrogen and oxygen atoms in total. The van der Waals surface area contributed by atoms with E-state index in [4.69, 9.17) is 10.8 Å². The molecule has 190 valence electrons. The molecule has 5 rings (SSSR count). The van der Waals surface area contributed by atoms with Crippen molar-refractivity contribution in [2.45, 2.75) is 64.6 Å². The van der Waals surface area contributed by atoms with Crippen LogP contribution in [0.2, 0.25) is 0 Å². The highest BCUT2D eigenvalue weighted by Gasteiger charge is 2.40. The maximum Gasteiger partial charge on any atom is 0.255 e. The second-order valence-corrected chi connectivity index (χ2v) is 9.66. The number of ether oxygens (including phenoxy) is 2. The van der Waals surface area contributed by atoms with Crippen molar-refractivity contribution in [1.29, 1.82) is 0 Å². The number of fused-ring (bicyclic) bond motifs is 1. The first-order valence-electron chi connectivity index (χ1n) is 12.7. The minimum Gasteiger partial charge on any atom is -0.488 e. The molecule has 0 spiro atoms. The quantitative estimate of drug-likeness (QED) is 0.619. The maximum atomic E-state index is 14.9. The van der Waals surface area contributed by atoms with Crippen molar-refractivity contribution in [1.82, 2.24) is 15.1 Å². The Morgan fingerprint density at radius 3 is 2.67 bits per heavy atom. The summed E-state index contributed by atoms with van der Waals surface area (Å²) in [7, 11) is 0. The standard InChI is InChI=1S/C27H30FN3O5/c1-16-11-30(12-17(2)36-16)13-18-6-7-19(22(28)10-18)15-35-24-5-3-4-20-21(24)14-31(27(20)34)23-8-9-25(32)29-26(23)33/h3-7,10,16-17,23H,8-9,11-15H2,1-2H3,(H,29,32,33)/t16?,17?,23-/m0/s1/i23D. The Kier molecular flexibility index (Phi) is 6.41. The maximum absolute atomic E-state index is 14.9. The normalized spacial score (nSPS) is 27.0. The molecule has 2 aromatic rings. The number of amides is 3. The first-order valence-corrected chi connectivity index (χ1v) is 12.2. The molecule has 3 amide bonds. The van der Waals surface area contributed by atoms with Crippen molar-refractivity contribution in [3.63, 3.8) is 0 Å². The van der Waals surface area contributed by atoms with Gasteiger partial charge in [-0.1, -0.05) is 18.2 Å². The average Bonchev–Trinajstić information content (AvgIpc) is 3.18. The van der Waals surface area contributed by atoms with Crippen molar-refractivity contribution >= 4 is 17.7 Å². The number of rotatable bonds is 6. The van der Waals surface area contributed by atoms with Crippen molar-refractivity contribution in [2.75, 3.05) is 13.1 Å². The second kappa shape index (κ2) is 9.99. The lowest BCUT2D eigenvalue weighted by Gasteiger charge is -2.35. The highest BCUT2D eigenvalue weighted by atomic mass is 19.1. The second-order valence-electron chi connectivity index (χ2n) is 9.66. The number of benzene rings is 2. The van der Waals surface area contributed by atoms with Gasteiger partial charge in [0.05, 0.1) is 20.1 Å². The van der Waals surface area contributed by atoms with Gasteiger partial charge in [0, 0.05) is 42.7 Å². The smallest absolute Gasteiger partial charge is 0.255 e. The molecule has 0 saturated carbocycles. The fourth-order valence-electron chi connectivity index (χ4n) is 5.16. The summed E-state index contributed by atoms with van der Waals surface area (Å²) < 4.78 is 35.3. The fraction of sp³-hybridized carbons (Fsp3) is 0.444. The zero-order chi connectivity index (χ0) is 26.3. The van der Waals surface area contributed by atoms with Crippen LogP contribution in [0, 0.1) is 5.82 Å². The van der Waals surface area contributed by atoms with Gasteiger partial charge in [0.1, 0.15) is 24.2 Å². The van der Waals surface area contributed by atoms with E-state index in [2.05, 4.69) is 10.2 Å². The number of carbonyl (C=O) groups is 3. The van der Waals surface area contributed by atoms with Gasteiger partial charge in [0.15, 0.2) is 0 Å². The summed E-state index contributed by atoms with van der Waals surface area (Å²) >= 11 is 0. The summed E-state index contributed by atoms with van der Waals surface area (Å²) in [6.07, 6.45) is 0.179. The van der Waals surface area contributed by atoms with Gasteiger partial charge in [-0.05, 0) is 44.0 Å². The van der Waals surface area contributed by atoms with E-state index in [1.807, 2.05) is 19.9 Å². The van der Waals surface area contributed by atoms with Gasteiger partial charge in [-0.2, -0.15) is 0 Å². The molecular weight excluding hydrogens is 465 g/mol. The van der Waals surface area contributed by atoms with Gasteiger partial charge in [0.25, 0.3) is 5.91 Å². The molecule has 0 aromatic heterocycles. The Morgan fingerprint density at radius 2 is 1.94 bits per heavy atom. The summed E-state index contributed by atoms with van der Waals surface area (Å²) in [5, 5.41) is 2.15. The Labute approximate surface area is 210 Å². The van der Waals surface area contributed by atoms with E-state index < -0.39 is 23.7 Å². The number of piperidine rings is 1. The van der Waals surface area contributed by atoms with E-state index in [0.717, 1.165) is 23.6 Å². The Morgan fingerprint density at radius 1 is 1.17 bits per heavy atom. The van der Waals surface area contributed by atoms with Crippen LogP contribution in [0.3, 0.4) is 0 Å². The van der Waals surface area contributed by atoms with E-state index in [0.29, 0.717) is 29.0 Å². The number of nitrogens with one attached hydrogen (secondary N) is 1. The van der Waals surface area contributed by atoms with Gasteiger partial charge < -0.3 is 14.4 Å². The SMILES string of the molecule is [2H][C@]1(N2Cc3c(OCc4ccc(CN5CC(C)OC(C)C5)cc4F)cccc3C2=O)CCC(=O)NC1=O. The highest BCUT2D eigenvalue weighted by Crippen LogP contribution is 2.34. The molecule has 1 N–H and O–H groups in total. The van der Waals surface area contributed by atoms with E-state index in [9.17, 15) is 18.8 Å². The van der Waals surface area contributed by atoms with Crippen LogP contribution in [0.15, 0.2) is 36.4 Å². The molecule has 3 aliphatic rings. The van der Waals surface area contributed by atoms with Crippen LogP contribution >= 0.6 is 0 Å². The van der Waals surface area contributed by atoms with Gasteiger partial charge >= 0.3 is 0 Å². The van der Waals surface area contributed by atoms with Crippen LogP contribution in [-0.2, 0) is 34.0 Å². The molecule has 2 fully saturated rings. The lowest BCUT2D eigenvalue weighted by Crippen LogP contribution is -2.52. The first kappa shape index (κ1) is 23.1. The van der Waals surface area contributed by atoms with Crippen molar-refractivity contribution < 1.29 is 29.6 Å². The molecule has 2 saturated heterocycles. The van der Waals surface area contributed by atoms with Gasteiger partial charge in [0.2, 0.25) is 11.8 Å². The number of imide groups is 1. The topological polar surface area (TPSA) is 88.2 Å². The number of nitrogens with zero attached hydrogens (tertiary/aromatic N) is 2. The number of hydrogen-bond acceptors (Lipinski definition) is 6. The van der Waals surface area contributed by atoms with Gasteiger partial charge in [-0.25, -0.2) is 4.39 Å². The molecular formula is C27H30FN3O5. The number of hydrogen-bond donors (Lipinski definition) is 1. The molecule has 36 heavy (non-hydrogen) atoms. The van der Waals surface area contributed by atoms with Crippen molar-refractivity contribution in [2.24, 2.45) is 0 Å². The molecule has 2 aromatic carbocycles. The van der Waals surface area contributed by atoms with Crippen molar-refractivity contribution in [3.8, 4) is 5.75 Å². The zero-order valence-electron chi connectivity index (χ0n) is 21.4. The molecule has 0 radical (unpaired) electrons. The predicted octanol–water partition coefficient (Wildman–Crippen LogP) is 2.77. The summed E-state index contributed by atoms with van der Waals surface area (Å²) in [6.45, 7) is 6.24. The first-order chi connectivity index (χ1) is 17.6. The van der Waals surface area contributed by atoms with Crippen LogP contribution in [0.5, 0.6) is 5.75 Å². The van der Waals surface area contributed by atoms with Crippen LogP contribution < -0.4 is 10.1 Å². The summed E-state index contributed by atoms with van der Waals surface area (Å²) in [6, 6.07) is 8.20. The molecule has 9 heteroatoms. The molecule has 3 atom stereocenters. The zero-order valence-corrected chi connectivity index (χ0v) is 20.4. The summed E-state index contributed by atoms with van der Waals surface area (Å²) in [4.78, 5) is 40.5. The average molecular weight is 497 g/mol. The molecule has 3 aliphatic heterocycles. The Bertz CT molecular complexity index is 1250. The van der Waals surface area contributed by atoms with E-state index in [-0.39, 0.29) is 44.0 Å². The number of halogens is 1. The van der Waals surface area contributed by atoms with E-state index in [1.54, 1.807) is 24.3 Å². The number of carbonyl (C=O) groups excluding carboxylic acids is 3. The third-order valence-electron chi connectivity index (χ3n) is 6.76. The minimum atomic E-state index is -1.88. The highest BCUT2D eigenvalue weighted by molar-refractivity contribution is 6.05. The summed E-state index contributed by atoms with van der Waals surface area (Å²) in [5.41, 5.74) is 2.12. The monoisotopic (exact) mass is 496 g/mol. The predicted molar refractivity (Wildman–Crippen MR) is 129 cm³/mol. The largest absolute Gasteiger partial charge is 0.488 e. The third kappa shape index (κ3) is 4.99. The van der Waals surface area contributed by atoms with Crippen molar-refractivity contribution in [3.05, 3.63) is 64.5 Å². The molecule has 3 heterocycles. The third-order valence-corrected chi connectivity index (χ3v) is 6.76. The van der Waals surface area contributed by atoms with E-state index in [1.165, 1.54) is 6.07 Å². The lowest BCUT2D eigenvalue weighted by molar-refractivity contribution is -0.136. The lowest BCUT2D eigenvalue weighted by atomic mass is 10.0. The Balaban J connectivity index is 1.27. The Hall–Kier alpha value is -3.30. The van der Waals surface area contributed by atoms with Crippen LogP contribution in [0.4, 0.5) is 4.39 Å². The van der Waals surface area contributed by atoms with Crippen LogP contribution in [0.25, 0.3) is 0 Å².